The summed E-state index contributed by atoms with van der Waals surface area (Å²) in [6.07, 6.45) is 2.27. The molecular weight excluding hydrogens is 394 g/mol. The Bertz CT molecular complexity index is 1170. The molecule has 0 unspecified atom stereocenters. The maximum absolute atomic E-state index is 12.7. The number of aromatic amines is 1. The molecule has 1 aromatic heterocycles. The Hall–Kier alpha value is -3.87. The highest BCUT2D eigenvalue weighted by Crippen LogP contribution is 2.33. The minimum absolute atomic E-state index is 0.00565. The summed E-state index contributed by atoms with van der Waals surface area (Å²) in [7, 11) is 1.54. The SMILES string of the molecule is COc1ccc(NC(=O)c2ccc(-c3ccccc3)[nH]c2=O)cc1N1CCCCC1=O. The van der Waals surface area contributed by atoms with E-state index < -0.39 is 11.5 Å². The summed E-state index contributed by atoms with van der Waals surface area (Å²) < 4.78 is 5.40. The van der Waals surface area contributed by atoms with Gasteiger partial charge >= 0.3 is 0 Å². The molecule has 2 amide bonds. The monoisotopic (exact) mass is 417 g/mol. The molecule has 0 saturated carbocycles. The number of piperidine rings is 1. The molecule has 1 aliphatic heterocycles. The van der Waals surface area contributed by atoms with Gasteiger partial charge in [-0.25, -0.2) is 0 Å². The molecule has 4 rings (SSSR count). The number of aromatic nitrogens is 1. The van der Waals surface area contributed by atoms with E-state index >= 15 is 0 Å². The summed E-state index contributed by atoms with van der Waals surface area (Å²) in [4.78, 5) is 42.0. The van der Waals surface area contributed by atoms with Crippen LogP contribution in [0.3, 0.4) is 0 Å². The number of carbonyl (C=O) groups excluding carboxylic acids is 2. The van der Waals surface area contributed by atoms with Crippen LogP contribution in [0.1, 0.15) is 29.6 Å². The largest absolute Gasteiger partial charge is 0.495 e. The van der Waals surface area contributed by atoms with E-state index in [0.717, 1.165) is 18.4 Å². The van der Waals surface area contributed by atoms with Gasteiger partial charge in [-0.1, -0.05) is 30.3 Å². The first kappa shape index (κ1) is 20.4. The summed E-state index contributed by atoms with van der Waals surface area (Å²) in [5.41, 5.74) is 2.11. The van der Waals surface area contributed by atoms with E-state index in [1.807, 2.05) is 30.3 Å². The maximum atomic E-state index is 12.7. The molecule has 0 atom stereocenters. The van der Waals surface area contributed by atoms with Gasteiger partial charge in [0.2, 0.25) is 5.91 Å². The molecule has 3 aromatic rings. The number of hydrogen-bond acceptors (Lipinski definition) is 4. The Labute approximate surface area is 179 Å². The Morgan fingerprint density at radius 1 is 1.03 bits per heavy atom. The number of nitrogens with one attached hydrogen (secondary N) is 2. The number of rotatable bonds is 5. The van der Waals surface area contributed by atoms with Crippen molar-refractivity contribution < 1.29 is 14.3 Å². The fourth-order valence-corrected chi connectivity index (χ4v) is 3.68. The Morgan fingerprint density at radius 3 is 2.55 bits per heavy atom. The first-order valence-corrected chi connectivity index (χ1v) is 10.2. The highest BCUT2D eigenvalue weighted by molar-refractivity contribution is 6.05. The third-order valence-corrected chi connectivity index (χ3v) is 5.29. The zero-order valence-electron chi connectivity index (χ0n) is 17.2. The lowest BCUT2D eigenvalue weighted by Crippen LogP contribution is -2.35. The minimum Gasteiger partial charge on any atom is -0.495 e. The van der Waals surface area contributed by atoms with Crippen LogP contribution in [0.2, 0.25) is 0 Å². The first-order chi connectivity index (χ1) is 15.1. The average Bonchev–Trinajstić information content (AvgIpc) is 2.80. The van der Waals surface area contributed by atoms with Crippen molar-refractivity contribution in [2.45, 2.75) is 19.3 Å². The van der Waals surface area contributed by atoms with Gasteiger partial charge in [-0.3, -0.25) is 14.4 Å². The summed E-state index contributed by atoms with van der Waals surface area (Å²) in [6.45, 7) is 0.604. The fraction of sp³-hybridized carbons (Fsp3) is 0.208. The van der Waals surface area contributed by atoms with Gasteiger partial charge in [-0.05, 0) is 48.7 Å². The normalized spacial score (nSPS) is 13.7. The molecule has 1 aliphatic rings. The molecule has 2 aromatic carbocycles. The molecule has 31 heavy (non-hydrogen) atoms. The smallest absolute Gasteiger partial charge is 0.261 e. The lowest BCUT2D eigenvalue weighted by atomic mass is 10.1. The molecule has 0 spiro atoms. The van der Waals surface area contributed by atoms with Crippen LogP contribution in [0.5, 0.6) is 5.75 Å². The van der Waals surface area contributed by atoms with Crippen LogP contribution < -0.4 is 20.5 Å². The Morgan fingerprint density at radius 2 is 1.84 bits per heavy atom. The van der Waals surface area contributed by atoms with Gasteiger partial charge in [0.25, 0.3) is 11.5 Å². The molecular formula is C24H23N3O4. The molecule has 1 saturated heterocycles. The molecule has 1 fully saturated rings. The van der Waals surface area contributed by atoms with Crippen molar-refractivity contribution in [3.05, 3.63) is 76.6 Å². The van der Waals surface area contributed by atoms with Gasteiger partial charge in [-0.2, -0.15) is 0 Å². The van der Waals surface area contributed by atoms with Crippen LogP contribution >= 0.6 is 0 Å². The zero-order chi connectivity index (χ0) is 21.8. The van der Waals surface area contributed by atoms with Crippen molar-refractivity contribution >= 4 is 23.2 Å². The predicted molar refractivity (Wildman–Crippen MR) is 120 cm³/mol. The highest BCUT2D eigenvalue weighted by atomic mass is 16.5. The van der Waals surface area contributed by atoms with Crippen molar-refractivity contribution in [1.82, 2.24) is 4.98 Å². The van der Waals surface area contributed by atoms with E-state index in [1.54, 1.807) is 36.3 Å². The number of carbonyl (C=O) groups is 2. The van der Waals surface area contributed by atoms with Gasteiger partial charge in [0.1, 0.15) is 11.3 Å². The number of amides is 2. The van der Waals surface area contributed by atoms with Gasteiger partial charge in [0.05, 0.1) is 12.8 Å². The van der Waals surface area contributed by atoms with Gasteiger partial charge in [0, 0.05) is 24.3 Å². The van der Waals surface area contributed by atoms with Gasteiger partial charge in [0.15, 0.2) is 0 Å². The second-order valence-corrected chi connectivity index (χ2v) is 7.32. The summed E-state index contributed by atoms with van der Waals surface area (Å²) in [5.74, 6) is 0.0567. The van der Waals surface area contributed by atoms with Crippen LogP contribution in [-0.2, 0) is 4.79 Å². The molecule has 0 aliphatic carbocycles. The number of ether oxygens (including phenoxy) is 1. The van der Waals surface area contributed by atoms with Crippen molar-refractivity contribution in [2.75, 3.05) is 23.9 Å². The van der Waals surface area contributed by atoms with Crippen molar-refractivity contribution in [1.29, 1.82) is 0 Å². The number of nitrogens with zero attached hydrogens (tertiary/aromatic N) is 1. The molecule has 0 bridgehead atoms. The average molecular weight is 417 g/mol. The lowest BCUT2D eigenvalue weighted by Gasteiger charge is -2.28. The molecule has 2 heterocycles. The minimum atomic E-state index is -0.526. The van der Waals surface area contributed by atoms with E-state index in [2.05, 4.69) is 10.3 Å². The number of anilines is 2. The predicted octanol–water partition coefficient (Wildman–Crippen LogP) is 3.82. The van der Waals surface area contributed by atoms with E-state index in [4.69, 9.17) is 4.74 Å². The van der Waals surface area contributed by atoms with Gasteiger partial charge in [-0.15, -0.1) is 0 Å². The van der Waals surface area contributed by atoms with E-state index in [-0.39, 0.29) is 11.5 Å². The van der Waals surface area contributed by atoms with E-state index in [0.29, 0.717) is 35.8 Å². The highest BCUT2D eigenvalue weighted by Gasteiger charge is 2.23. The number of H-pyrrole nitrogens is 1. The summed E-state index contributed by atoms with van der Waals surface area (Å²) in [6, 6.07) is 17.7. The van der Waals surface area contributed by atoms with Crippen LogP contribution in [0, 0.1) is 0 Å². The third-order valence-electron chi connectivity index (χ3n) is 5.29. The van der Waals surface area contributed by atoms with Crippen LogP contribution in [0.4, 0.5) is 11.4 Å². The molecule has 2 N–H and O–H groups in total. The molecule has 158 valence electrons. The van der Waals surface area contributed by atoms with E-state index in [9.17, 15) is 14.4 Å². The second kappa shape index (κ2) is 8.87. The molecule has 7 heteroatoms. The van der Waals surface area contributed by atoms with Crippen LogP contribution in [0.25, 0.3) is 11.3 Å². The number of pyridine rings is 1. The number of methoxy groups -OCH3 is 1. The second-order valence-electron chi connectivity index (χ2n) is 7.32. The molecule has 7 nitrogen and oxygen atoms in total. The number of benzene rings is 2. The Kier molecular flexibility index (Phi) is 5.84. The first-order valence-electron chi connectivity index (χ1n) is 10.2. The molecule has 0 radical (unpaired) electrons. The Balaban J connectivity index is 1.58. The van der Waals surface area contributed by atoms with Crippen molar-refractivity contribution in [3.8, 4) is 17.0 Å². The summed E-state index contributed by atoms with van der Waals surface area (Å²) >= 11 is 0. The quantitative estimate of drug-likeness (QED) is 0.660. The van der Waals surface area contributed by atoms with Crippen molar-refractivity contribution in [3.63, 3.8) is 0 Å². The maximum Gasteiger partial charge on any atom is 0.261 e. The van der Waals surface area contributed by atoms with E-state index in [1.165, 1.54) is 6.07 Å². The fourth-order valence-electron chi connectivity index (χ4n) is 3.68. The van der Waals surface area contributed by atoms with Gasteiger partial charge < -0.3 is 19.9 Å². The topological polar surface area (TPSA) is 91.5 Å². The van der Waals surface area contributed by atoms with Crippen molar-refractivity contribution in [2.24, 2.45) is 0 Å². The number of hydrogen-bond donors (Lipinski definition) is 2. The van der Waals surface area contributed by atoms with Crippen LogP contribution in [-0.4, -0.2) is 30.5 Å². The lowest BCUT2D eigenvalue weighted by molar-refractivity contribution is -0.119. The third kappa shape index (κ3) is 4.35. The summed E-state index contributed by atoms with van der Waals surface area (Å²) in [5, 5.41) is 2.75. The van der Waals surface area contributed by atoms with Crippen LogP contribution in [0.15, 0.2) is 65.5 Å². The standard InChI is InChI=1S/C24H23N3O4/c1-31-21-13-10-17(15-20(21)27-14-6-5-9-22(27)28)25-23(29)18-11-12-19(26-24(18)30)16-7-3-2-4-8-16/h2-4,7-8,10-13,15H,5-6,9,14H2,1H3,(H,25,29)(H,26,30). The zero-order valence-corrected chi connectivity index (χ0v) is 17.2.